The number of nitrogens with one attached hydrogen (secondary N) is 1. The molecule has 1 unspecified atom stereocenters. The highest BCUT2D eigenvalue weighted by molar-refractivity contribution is 5.81. The average molecular weight is 270 g/mol. The Morgan fingerprint density at radius 2 is 2.11 bits per heavy atom. The lowest BCUT2D eigenvalue weighted by molar-refractivity contribution is -0.130. The number of carbonyl (C=O) groups excluding carboxylic acids is 1. The number of ether oxygens (including phenoxy) is 1. The van der Waals surface area contributed by atoms with Gasteiger partial charge in [0, 0.05) is 0 Å². The van der Waals surface area contributed by atoms with Crippen LogP contribution in [0.15, 0.2) is 24.3 Å². The van der Waals surface area contributed by atoms with Gasteiger partial charge in [0.15, 0.2) is 0 Å². The van der Waals surface area contributed by atoms with E-state index in [0.717, 1.165) is 11.3 Å². The van der Waals surface area contributed by atoms with Crippen LogP contribution in [-0.4, -0.2) is 36.9 Å². The molecule has 1 fully saturated rings. The summed E-state index contributed by atoms with van der Waals surface area (Å²) in [4.78, 5) is 12.7. The minimum Gasteiger partial charge on any atom is -0.494 e. The molecule has 1 aliphatic rings. The molecular formula is C13H16F2N2O2. The predicted molar refractivity (Wildman–Crippen MR) is 66.1 cm³/mol. The van der Waals surface area contributed by atoms with E-state index in [0.29, 0.717) is 6.61 Å². The Labute approximate surface area is 110 Å². The van der Waals surface area contributed by atoms with E-state index >= 15 is 0 Å². The highest BCUT2D eigenvalue weighted by atomic mass is 19.3. The number of hydrogen-bond donors (Lipinski definition) is 1. The third kappa shape index (κ3) is 3.20. The topological polar surface area (TPSA) is 41.6 Å². The molecule has 0 aliphatic carbocycles. The molecule has 4 nitrogen and oxygen atoms in total. The Morgan fingerprint density at radius 1 is 1.42 bits per heavy atom. The van der Waals surface area contributed by atoms with Crippen LogP contribution in [0.5, 0.6) is 5.75 Å². The largest absolute Gasteiger partial charge is 0.494 e. The second-order valence-electron chi connectivity index (χ2n) is 4.22. The van der Waals surface area contributed by atoms with Crippen LogP contribution in [0.3, 0.4) is 0 Å². The van der Waals surface area contributed by atoms with Crippen molar-refractivity contribution in [3.8, 4) is 5.75 Å². The fourth-order valence-electron chi connectivity index (χ4n) is 2.11. The zero-order valence-corrected chi connectivity index (χ0v) is 10.6. The van der Waals surface area contributed by atoms with Gasteiger partial charge in [0.05, 0.1) is 19.7 Å². The van der Waals surface area contributed by atoms with Crippen LogP contribution in [0.1, 0.15) is 18.7 Å². The van der Waals surface area contributed by atoms with Crippen molar-refractivity contribution in [2.45, 2.75) is 19.5 Å². The molecule has 1 aromatic carbocycles. The smallest absolute Gasteiger partial charge is 0.255 e. The number of amides is 1. The van der Waals surface area contributed by atoms with Crippen molar-refractivity contribution >= 4 is 5.91 Å². The van der Waals surface area contributed by atoms with E-state index in [1.165, 1.54) is 4.90 Å². The van der Waals surface area contributed by atoms with Crippen LogP contribution >= 0.6 is 0 Å². The van der Waals surface area contributed by atoms with Crippen LogP contribution in [0.2, 0.25) is 0 Å². The van der Waals surface area contributed by atoms with Crippen molar-refractivity contribution in [2.24, 2.45) is 0 Å². The fraction of sp³-hybridized carbons (Fsp3) is 0.462. The summed E-state index contributed by atoms with van der Waals surface area (Å²) in [5.41, 5.74) is 0.773. The van der Waals surface area contributed by atoms with Crippen molar-refractivity contribution in [3.63, 3.8) is 0 Å². The first-order valence-corrected chi connectivity index (χ1v) is 6.15. The summed E-state index contributed by atoms with van der Waals surface area (Å²) in [5.74, 6) is 0.412. The molecule has 6 heteroatoms. The van der Waals surface area contributed by atoms with E-state index in [1.54, 1.807) is 24.3 Å². The SMILES string of the molecule is CCOc1ccc(C2NCC(=O)N2CC(F)F)cc1. The molecule has 1 aliphatic heterocycles. The number of rotatable bonds is 5. The lowest BCUT2D eigenvalue weighted by Crippen LogP contribution is -2.34. The third-order valence-corrected chi connectivity index (χ3v) is 2.92. The molecule has 1 saturated heterocycles. The Bertz CT molecular complexity index is 437. The van der Waals surface area contributed by atoms with Gasteiger partial charge in [-0.05, 0) is 24.6 Å². The van der Waals surface area contributed by atoms with E-state index in [1.807, 2.05) is 6.92 Å². The van der Waals surface area contributed by atoms with E-state index < -0.39 is 19.1 Å². The molecule has 0 spiro atoms. The van der Waals surface area contributed by atoms with Crippen LogP contribution < -0.4 is 10.1 Å². The highest BCUT2D eigenvalue weighted by Crippen LogP contribution is 2.25. The van der Waals surface area contributed by atoms with Gasteiger partial charge in [0.2, 0.25) is 5.91 Å². The summed E-state index contributed by atoms with van der Waals surface area (Å²) in [6.45, 7) is 1.99. The molecule has 19 heavy (non-hydrogen) atoms. The van der Waals surface area contributed by atoms with Gasteiger partial charge in [-0.15, -0.1) is 0 Å². The summed E-state index contributed by atoms with van der Waals surface area (Å²) < 4.78 is 30.3. The normalized spacial score (nSPS) is 19.3. The first-order valence-electron chi connectivity index (χ1n) is 6.15. The van der Waals surface area contributed by atoms with Gasteiger partial charge < -0.3 is 9.64 Å². The molecule has 1 N–H and O–H groups in total. The van der Waals surface area contributed by atoms with Crippen LogP contribution in [0.25, 0.3) is 0 Å². The van der Waals surface area contributed by atoms with Crippen LogP contribution in [0.4, 0.5) is 8.78 Å². The van der Waals surface area contributed by atoms with Crippen molar-refractivity contribution < 1.29 is 18.3 Å². The second kappa shape index (κ2) is 5.97. The zero-order valence-electron chi connectivity index (χ0n) is 10.6. The minimum atomic E-state index is -2.53. The molecule has 1 amide bonds. The molecule has 0 aromatic heterocycles. The molecule has 1 aromatic rings. The maximum atomic E-state index is 12.5. The van der Waals surface area contributed by atoms with Crippen LogP contribution in [-0.2, 0) is 4.79 Å². The van der Waals surface area contributed by atoms with E-state index in [9.17, 15) is 13.6 Å². The molecule has 0 bridgehead atoms. The molecule has 0 radical (unpaired) electrons. The summed E-state index contributed by atoms with van der Waals surface area (Å²) in [5, 5.41) is 2.93. The van der Waals surface area contributed by atoms with Crippen molar-refractivity contribution in [1.82, 2.24) is 10.2 Å². The number of hydrogen-bond acceptors (Lipinski definition) is 3. The Kier molecular flexibility index (Phi) is 4.31. The Balaban J connectivity index is 2.13. The van der Waals surface area contributed by atoms with Crippen LogP contribution in [0, 0.1) is 0 Å². The first kappa shape index (κ1) is 13.7. The molecule has 1 heterocycles. The maximum absolute atomic E-state index is 12.5. The maximum Gasteiger partial charge on any atom is 0.255 e. The molecule has 104 valence electrons. The van der Waals surface area contributed by atoms with Crippen molar-refractivity contribution in [2.75, 3.05) is 19.7 Å². The number of halogens is 2. The highest BCUT2D eigenvalue weighted by Gasteiger charge is 2.33. The summed E-state index contributed by atoms with van der Waals surface area (Å²) in [6, 6.07) is 7.09. The quantitative estimate of drug-likeness (QED) is 0.886. The van der Waals surface area contributed by atoms with Gasteiger partial charge in [-0.1, -0.05) is 12.1 Å². The zero-order chi connectivity index (χ0) is 13.8. The molecular weight excluding hydrogens is 254 g/mol. The monoisotopic (exact) mass is 270 g/mol. The minimum absolute atomic E-state index is 0.0879. The number of carbonyl (C=O) groups is 1. The Hall–Kier alpha value is -1.69. The Morgan fingerprint density at radius 3 is 2.68 bits per heavy atom. The lowest BCUT2D eigenvalue weighted by Gasteiger charge is -2.24. The predicted octanol–water partition coefficient (Wildman–Crippen LogP) is 1.78. The van der Waals surface area contributed by atoms with Gasteiger partial charge in [-0.3, -0.25) is 10.1 Å². The molecule has 0 saturated carbocycles. The molecule has 1 atom stereocenters. The van der Waals surface area contributed by atoms with E-state index in [4.69, 9.17) is 4.74 Å². The van der Waals surface area contributed by atoms with Gasteiger partial charge in [-0.2, -0.15) is 0 Å². The second-order valence-corrected chi connectivity index (χ2v) is 4.22. The number of benzene rings is 1. The summed E-state index contributed by atoms with van der Waals surface area (Å²) in [7, 11) is 0. The summed E-state index contributed by atoms with van der Waals surface area (Å²) >= 11 is 0. The fourth-order valence-corrected chi connectivity index (χ4v) is 2.11. The number of alkyl halides is 2. The van der Waals surface area contributed by atoms with Gasteiger partial charge in [-0.25, -0.2) is 8.78 Å². The first-order chi connectivity index (χ1) is 9.11. The van der Waals surface area contributed by atoms with E-state index in [-0.39, 0.29) is 12.5 Å². The van der Waals surface area contributed by atoms with Crippen molar-refractivity contribution in [3.05, 3.63) is 29.8 Å². The molecule has 2 rings (SSSR count). The summed E-state index contributed by atoms with van der Waals surface area (Å²) in [6.07, 6.45) is -3.02. The van der Waals surface area contributed by atoms with Gasteiger partial charge in [0.25, 0.3) is 6.43 Å². The standard InChI is InChI=1S/C13H16F2N2O2/c1-2-19-10-5-3-9(4-6-10)13-16-7-12(18)17(13)8-11(14)15/h3-6,11,13,16H,2,7-8H2,1H3. The third-order valence-electron chi connectivity index (χ3n) is 2.92. The average Bonchev–Trinajstić information content (AvgIpc) is 2.72. The van der Waals surface area contributed by atoms with Gasteiger partial charge >= 0.3 is 0 Å². The van der Waals surface area contributed by atoms with E-state index in [2.05, 4.69) is 5.32 Å². The lowest BCUT2D eigenvalue weighted by atomic mass is 10.1. The van der Waals surface area contributed by atoms with Crippen molar-refractivity contribution in [1.29, 1.82) is 0 Å². The van der Waals surface area contributed by atoms with Gasteiger partial charge in [0.1, 0.15) is 11.9 Å². The number of nitrogens with zero attached hydrogens (tertiary/aromatic N) is 1.